The van der Waals surface area contributed by atoms with Gasteiger partial charge in [-0.15, -0.1) is 0 Å². The molecule has 1 unspecified atom stereocenters. The quantitative estimate of drug-likeness (QED) is 0.229. The van der Waals surface area contributed by atoms with Crippen LogP contribution in [0.25, 0.3) is 11.1 Å². The smallest absolute Gasteiger partial charge is 0.153 e. The second-order valence-corrected chi connectivity index (χ2v) is 8.33. The van der Waals surface area contributed by atoms with Crippen molar-refractivity contribution in [3.05, 3.63) is 76.3 Å². The zero-order chi connectivity index (χ0) is 25.4. The van der Waals surface area contributed by atoms with Crippen molar-refractivity contribution >= 4 is 24.2 Å². The number of rotatable bonds is 11. The number of ether oxygens (including phenoxy) is 2. The number of aldehydes is 1. The third-order valence-electron chi connectivity index (χ3n) is 5.67. The van der Waals surface area contributed by atoms with Gasteiger partial charge in [0.05, 0.1) is 36.3 Å². The fourth-order valence-corrected chi connectivity index (χ4v) is 3.88. The molecule has 0 aliphatic heterocycles. The minimum Gasteiger partial charge on any atom is -0.497 e. The Balaban J connectivity index is 1.86. The summed E-state index contributed by atoms with van der Waals surface area (Å²) in [6, 6.07) is 11.3. The van der Waals surface area contributed by atoms with E-state index in [0.29, 0.717) is 29.0 Å². The van der Waals surface area contributed by atoms with E-state index in [-0.39, 0.29) is 24.2 Å². The van der Waals surface area contributed by atoms with Crippen LogP contribution in [0.3, 0.4) is 0 Å². The number of likely N-dealkylation sites (N-methyl/N-ethyl adjacent to an activating group) is 1. The van der Waals surface area contributed by atoms with Gasteiger partial charge >= 0.3 is 0 Å². The van der Waals surface area contributed by atoms with E-state index in [1.807, 2.05) is 26.1 Å². The molecular weight excluding hydrogens is 471 g/mol. The van der Waals surface area contributed by atoms with Gasteiger partial charge < -0.3 is 15.2 Å². The molecule has 0 saturated heterocycles. The second kappa shape index (κ2) is 12.3. The maximum atomic E-state index is 13.7. The number of methoxy groups -OCH3 is 1. The third kappa shape index (κ3) is 6.55. The van der Waals surface area contributed by atoms with E-state index in [2.05, 4.69) is 14.9 Å². The van der Waals surface area contributed by atoms with Crippen molar-refractivity contribution in [1.29, 1.82) is 0 Å². The van der Waals surface area contributed by atoms with Crippen molar-refractivity contribution in [3.8, 4) is 22.6 Å². The number of halogens is 2. The Hall–Kier alpha value is -3.49. The van der Waals surface area contributed by atoms with Gasteiger partial charge in [0.15, 0.2) is 6.29 Å². The summed E-state index contributed by atoms with van der Waals surface area (Å²) in [5.74, 6) is 0.652. The van der Waals surface area contributed by atoms with Crippen LogP contribution in [0, 0.1) is 5.82 Å². The molecule has 2 aromatic carbocycles. The molecule has 0 spiro atoms. The van der Waals surface area contributed by atoms with Gasteiger partial charge in [-0.3, -0.25) is 19.7 Å². The number of aliphatic imine (C=N–C) groups is 1. The average Bonchev–Trinajstić information content (AvgIpc) is 2.87. The molecule has 1 atom stereocenters. The summed E-state index contributed by atoms with van der Waals surface area (Å²) < 4.78 is 25.1. The van der Waals surface area contributed by atoms with Crippen LogP contribution in [0.4, 0.5) is 4.39 Å². The summed E-state index contributed by atoms with van der Waals surface area (Å²) in [6.45, 7) is 3.15. The molecule has 0 amide bonds. The van der Waals surface area contributed by atoms with Crippen molar-refractivity contribution < 1.29 is 18.7 Å². The number of hydrogen-bond donors (Lipinski definition) is 1. The number of nitrogens with zero attached hydrogens (tertiary/aromatic N) is 3. The lowest BCUT2D eigenvalue weighted by Crippen LogP contribution is -2.28. The number of nitrogens with two attached hydrogens (primary N) is 1. The molecule has 2 N–H and O–H groups in total. The number of benzene rings is 2. The molecule has 1 aromatic heterocycles. The maximum absolute atomic E-state index is 13.7. The topological polar surface area (TPSA) is 90.0 Å². The van der Waals surface area contributed by atoms with Crippen LogP contribution in [0.1, 0.15) is 34.6 Å². The van der Waals surface area contributed by atoms with Crippen LogP contribution in [0.15, 0.2) is 53.7 Å². The number of hydrogen-bond acceptors (Lipinski definition) is 6. The molecule has 35 heavy (non-hydrogen) atoms. The lowest BCUT2D eigenvalue weighted by atomic mass is 9.98. The number of aromatic nitrogens is 1. The molecule has 3 rings (SSSR count). The first-order chi connectivity index (χ1) is 16.9. The van der Waals surface area contributed by atoms with Crippen LogP contribution in [-0.4, -0.2) is 49.8 Å². The van der Waals surface area contributed by atoms with Crippen molar-refractivity contribution in [2.45, 2.75) is 19.5 Å². The fourth-order valence-electron chi connectivity index (χ4n) is 3.61. The first-order valence-corrected chi connectivity index (χ1v) is 11.4. The van der Waals surface area contributed by atoms with E-state index in [9.17, 15) is 9.18 Å². The predicted octanol–water partition coefficient (Wildman–Crippen LogP) is 4.92. The fraction of sp³-hybridized carbons (Fsp3) is 0.269. The van der Waals surface area contributed by atoms with Crippen molar-refractivity contribution in [2.24, 2.45) is 10.7 Å². The number of carbonyl (C=O) groups excluding carboxylic acids is 1. The van der Waals surface area contributed by atoms with E-state index in [0.717, 1.165) is 23.3 Å². The van der Waals surface area contributed by atoms with Crippen molar-refractivity contribution in [3.63, 3.8) is 0 Å². The molecule has 0 radical (unpaired) electrons. The normalized spacial score (nSPS) is 12.2. The highest BCUT2D eigenvalue weighted by atomic mass is 35.5. The lowest BCUT2D eigenvalue weighted by Gasteiger charge is -2.25. The molecular formula is C26H28ClFN4O3. The summed E-state index contributed by atoms with van der Waals surface area (Å²) in [7, 11) is 3.58. The SMILES string of the molecule is COc1ccnc(C(C)N(C)CCOc2c(C=O)cc(CN=CN)cc2-c2ccc(F)cc2Cl)c1. The molecule has 184 valence electrons. The van der Waals surface area contributed by atoms with Gasteiger partial charge in [-0.05, 0) is 55.9 Å². The Morgan fingerprint density at radius 1 is 1.23 bits per heavy atom. The molecule has 0 saturated carbocycles. The zero-order valence-corrected chi connectivity index (χ0v) is 20.6. The van der Waals surface area contributed by atoms with Gasteiger partial charge in [0.1, 0.15) is 23.9 Å². The van der Waals surface area contributed by atoms with Crippen molar-refractivity contribution in [2.75, 3.05) is 27.3 Å². The van der Waals surface area contributed by atoms with Gasteiger partial charge in [-0.2, -0.15) is 0 Å². The summed E-state index contributed by atoms with van der Waals surface area (Å²) in [4.78, 5) is 22.5. The van der Waals surface area contributed by atoms with Gasteiger partial charge in [-0.25, -0.2) is 4.39 Å². The molecule has 9 heteroatoms. The average molecular weight is 499 g/mol. The highest BCUT2D eigenvalue weighted by Crippen LogP contribution is 2.38. The maximum Gasteiger partial charge on any atom is 0.153 e. The first kappa shape index (κ1) is 26.1. The van der Waals surface area contributed by atoms with Crippen LogP contribution in [-0.2, 0) is 6.54 Å². The molecule has 7 nitrogen and oxygen atoms in total. The molecule has 0 aliphatic rings. The summed E-state index contributed by atoms with van der Waals surface area (Å²) >= 11 is 6.35. The first-order valence-electron chi connectivity index (χ1n) is 11.0. The standard InChI is InChI=1S/C26H28ClFN4O3/c1-17(25-13-21(34-3)6-7-31-25)32(2)8-9-35-26-19(15-33)10-18(14-30-16-29)11-23(26)22-5-4-20(28)12-24(22)27/h4-7,10-13,15-17H,8-9,14H2,1-3H3,(H2,29,30). The summed E-state index contributed by atoms with van der Waals surface area (Å²) in [6.07, 6.45) is 3.63. The second-order valence-electron chi connectivity index (χ2n) is 7.92. The predicted molar refractivity (Wildman–Crippen MR) is 136 cm³/mol. The van der Waals surface area contributed by atoms with Gasteiger partial charge in [0, 0.05) is 36.0 Å². The highest BCUT2D eigenvalue weighted by molar-refractivity contribution is 6.33. The summed E-state index contributed by atoms with van der Waals surface area (Å²) in [5, 5.41) is 0.209. The number of carbonyl (C=O) groups is 1. The summed E-state index contributed by atoms with van der Waals surface area (Å²) in [5.41, 5.74) is 8.45. The molecule has 1 heterocycles. The van der Waals surface area contributed by atoms with Crippen LogP contribution < -0.4 is 15.2 Å². The zero-order valence-electron chi connectivity index (χ0n) is 19.9. The molecule has 3 aromatic rings. The van der Waals surface area contributed by atoms with E-state index < -0.39 is 5.82 Å². The Labute approximate surface area is 209 Å². The van der Waals surface area contributed by atoms with Crippen LogP contribution in [0.2, 0.25) is 5.02 Å². The van der Waals surface area contributed by atoms with E-state index in [1.165, 1.54) is 18.5 Å². The number of pyridine rings is 1. The Bertz CT molecular complexity index is 1210. The van der Waals surface area contributed by atoms with E-state index in [1.54, 1.807) is 31.5 Å². The molecule has 0 aliphatic carbocycles. The molecule has 0 bridgehead atoms. The van der Waals surface area contributed by atoms with Gasteiger partial charge in [-0.1, -0.05) is 11.6 Å². The Morgan fingerprint density at radius 3 is 2.71 bits per heavy atom. The van der Waals surface area contributed by atoms with Crippen molar-refractivity contribution in [1.82, 2.24) is 9.88 Å². The highest BCUT2D eigenvalue weighted by Gasteiger charge is 2.18. The Morgan fingerprint density at radius 2 is 2.03 bits per heavy atom. The minimum absolute atomic E-state index is 0.00163. The minimum atomic E-state index is -0.456. The monoisotopic (exact) mass is 498 g/mol. The largest absolute Gasteiger partial charge is 0.497 e. The molecule has 0 fully saturated rings. The van der Waals surface area contributed by atoms with Gasteiger partial charge in [0.25, 0.3) is 0 Å². The van der Waals surface area contributed by atoms with E-state index >= 15 is 0 Å². The van der Waals surface area contributed by atoms with Crippen LogP contribution in [0.5, 0.6) is 11.5 Å². The Kier molecular flexibility index (Phi) is 9.17. The lowest BCUT2D eigenvalue weighted by molar-refractivity contribution is 0.111. The van der Waals surface area contributed by atoms with E-state index in [4.69, 9.17) is 26.8 Å². The van der Waals surface area contributed by atoms with Gasteiger partial charge in [0.2, 0.25) is 0 Å². The third-order valence-corrected chi connectivity index (χ3v) is 5.99. The van der Waals surface area contributed by atoms with Crippen LogP contribution >= 0.6 is 11.6 Å².